The van der Waals surface area contributed by atoms with Crippen molar-refractivity contribution >= 4 is 34.2 Å². The summed E-state index contributed by atoms with van der Waals surface area (Å²) in [6.07, 6.45) is 4.01. The molecule has 0 radical (unpaired) electrons. The molecule has 1 aromatic rings. The molecule has 3 nitrogen and oxygen atoms in total. The Morgan fingerprint density at radius 3 is 2.74 bits per heavy atom. The van der Waals surface area contributed by atoms with Crippen molar-refractivity contribution < 1.29 is 9.53 Å². The second-order valence-corrected chi connectivity index (χ2v) is 5.08. The van der Waals surface area contributed by atoms with Crippen molar-refractivity contribution in [2.45, 2.75) is 19.8 Å². The Balaban J connectivity index is 3.00. The van der Waals surface area contributed by atoms with Crippen LogP contribution in [0.3, 0.4) is 0 Å². The van der Waals surface area contributed by atoms with Crippen LogP contribution in [0.25, 0.3) is 0 Å². The number of hydrogen-bond acceptors (Lipinski definition) is 3. The van der Waals surface area contributed by atoms with Crippen molar-refractivity contribution in [1.29, 1.82) is 0 Å². The highest BCUT2D eigenvalue weighted by Gasteiger charge is 2.11. The van der Waals surface area contributed by atoms with E-state index in [-0.39, 0.29) is 5.97 Å². The van der Waals surface area contributed by atoms with E-state index in [0.29, 0.717) is 12.2 Å². The highest BCUT2D eigenvalue weighted by Crippen LogP contribution is 2.22. The summed E-state index contributed by atoms with van der Waals surface area (Å²) in [5.41, 5.74) is 2.95. The number of allylic oxidation sites excluding steroid dienone is 1. The Kier molecular flexibility index (Phi) is 6.91. The molecule has 0 spiro atoms. The van der Waals surface area contributed by atoms with Gasteiger partial charge in [0.15, 0.2) is 0 Å². The number of esters is 1. The third kappa shape index (κ3) is 4.86. The van der Waals surface area contributed by atoms with Crippen LogP contribution in [-0.2, 0) is 11.2 Å². The van der Waals surface area contributed by atoms with Crippen LogP contribution in [-0.4, -0.2) is 26.7 Å². The number of rotatable bonds is 6. The smallest absolute Gasteiger partial charge is 0.338 e. The molecular weight excluding hydrogens is 353 g/mol. The van der Waals surface area contributed by atoms with Gasteiger partial charge in [-0.2, -0.15) is 0 Å². The molecule has 4 heteroatoms. The van der Waals surface area contributed by atoms with Crippen LogP contribution in [0.1, 0.15) is 29.3 Å². The second-order valence-electron chi connectivity index (χ2n) is 4.36. The molecule has 0 saturated carbocycles. The number of halogens is 1. The lowest BCUT2D eigenvalue weighted by molar-refractivity contribution is 0.0526. The summed E-state index contributed by atoms with van der Waals surface area (Å²) < 4.78 is 7.06. The number of carbonyl (C=O) groups is 1. The molecule has 0 fully saturated rings. The third-order valence-electron chi connectivity index (χ3n) is 2.74. The van der Waals surface area contributed by atoms with Gasteiger partial charge < -0.3 is 9.64 Å². The molecule has 0 heterocycles. The van der Waals surface area contributed by atoms with E-state index >= 15 is 0 Å². The predicted octanol–water partition coefficient (Wildman–Crippen LogP) is 3.81. The highest BCUT2D eigenvalue weighted by atomic mass is 127. The van der Waals surface area contributed by atoms with Gasteiger partial charge in [0.1, 0.15) is 0 Å². The van der Waals surface area contributed by atoms with E-state index in [1.807, 2.05) is 43.3 Å². The van der Waals surface area contributed by atoms with Crippen LogP contribution in [0, 0.1) is 0 Å². The number of anilines is 1. The third-order valence-corrected chi connectivity index (χ3v) is 3.25. The first-order valence-electron chi connectivity index (χ1n) is 6.32. The molecular formula is C15H20INO2. The molecule has 1 rings (SSSR count). The summed E-state index contributed by atoms with van der Waals surface area (Å²) in [5.74, 6) is -0.251. The fraction of sp³-hybridized carbons (Fsp3) is 0.400. The Morgan fingerprint density at radius 2 is 2.16 bits per heavy atom. The maximum absolute atomic E-state index is 11.8. The second kappa shape index (κ2) is 8.19. The van der Waals surface area contributed by atoms with Gasteiger partial charge in [-0.05, 0) is 47.6 Å². The van der Waals surface area contributed by atoms with Crippen LogP contribution in [0.15, 0.2) is 28.4 Å². The van der Waals surface area contributed by atoms with Crippen molar-refractivity contribution in [3.05, 3.63) is 39.5 Å². The summed E-state index contributed by atoms with van der Waals surface area (Å²) in [6.45, 7) is 2.22. The topological polar surface area (TPSA) is 29.5 Å². The summed E-state index contributed by atoms with van der Waals surface area (Å²) in [7, 11) is 4.02. The van der Waals surface area contributed by atoms with Gasteiger partial charge in [-0.15, -0.1) is 0 Å². The van der Waals surface area contributed by atoms with Gasteiger partial charge in [0, 0.05) is 19.8 Å². The molecule has 0 atom stereocenters. The van der Waals surface area contributed by atoms with E-state index in [1.54, 1.807) is 0 Å². The summed E-state index contributed by atoms with van der Waals surface area (Å²) in [4.78, 5) is 13.8. The molecule has 0 aliphatic heterocycles. The minimum atomic E-state index is -0.251. The van der Waals surface area contributed by atoms with Crippen molar-refractivity contribution in [3.8, 4) is 0 Å². The first-order valence-corrected chi connectivity index (χ1v) is 7.57. The minimum absolute atomic E-state index is 0.251. The average molecular weight is 373 g/mol. The number of carbonyl (C=O) groups excluding carboxylic acids is 1. The number of ether oxygens (including phenoxy) is 1. The molecule has 0 unspecified atom stereocenters. The quantitative estimate of drug-likeness (QED) is 0.561. The van der Waals surface area contributed by atoms with Crippen LogP contribution < -0.4 is 4.90 Å². The number of benzene rings is 1. The van der Waals surface area contributed by atoms with Crippen molar-refractivity contribution in [2.75, 3.05) is 25.6 Å². The van der Waals surface area contributed by atoms with Gasteiger partial charge >= 0.3 is 5.97 Å². The van der Waals surface area contributed by atoms with Crippen molar-refractivity contribution in [1.82, 2.24) is 0 Å². The Bertz CT molecular complexity index is 455. The van der Waals surface area contributed by atoms with Gasteiger partial charge in [0.2, 0.25) is 0 Å². The molecule has 0 saturated heterocycles. The van der Waals surface area contributed by atoms with Crippen molar-refractivity contribution in [3.63, 3.8) is 0 Å². The van der Waals surface area contributed by atoms with E-state index in [4.69, 9.17) is 4.74 Å². The maximum atomic E-state index is 11.8. The van der Waals surface area contributed by atoms with Gasteiger partial charge in [-0.1, -0.05) is 28.7 Å². The Morgan fingerprint density at radius 1 is 1.42 bits per heavy atom. The SMILES string of the molecule is CCOC(=O)c1ccc(N(C)C)c(CCC=CI)c1. The van der Waals surface area contributed by atoms with E-state index < -0.39 is 0 Å². The molecule has 0 N–H and O–H groups in total. The van der Waals surface area contributed by atoms with Gasteiger partial charge in [0.05, 0.1) is 12.2 Å². The molecule has 0 aliphatic rings. The van der Waals surface area contributed by atoms with E-state index in [2.05, 4.69) is 33.6 Å². The zero-order valence-corrected chi connectivity index (χ0v) is 13.8. The van der Waals surface area contributed by atoms with E-state index in [0.717, 1.165) is 18.5 Å². The Labute approximate surface area is 128 Å². The number of nitrogens with zero attached hydrogens (tertiary/aromatic N) is 1. The lowest BCUT2D eigenvalue weighted by Crippen LogP contribution is -2.13. The maximum Gasteiger partial charge on any atom is 0.338 e. The molecule has 104 valence electrons. The monoisotopic (exact) mass is 373 g/mol. The lowest BCUT2D eigenvalue weighted by atomic mass is 10.0. The summed E-state index contributed by atoms with van der Waals surface area (Å²) in [6, 6.07) is 5.74. The number of hydrogen-bond donors (Lipinski definition) is 0. The molecule has 0 aromatic heterocycles. The highest BCUT2D eigenvalue weighted by molar-refractivity contribution is 14.1. The minimum Gasteiger partial charge on any atom is -0.462 e. The summed E-state index contributed by atoms with van der Waals surface area (Å²) in [5, 5.41) is 0. The normalized spacial score (nSPS) is 10.7. The van der Waals surface area contributed by atoms with Crippen LogP contribution in [0.4, 0.5) is 5.69 Å². The van der Waals surface area contributed by atoms with Crippen LogP contribution in [0.2, 0.25) is 0 Å². The molecule has 0 aliphatic carbocycles. The van der Waals surface area contributed by atoms with Crippen molar-refractivity contribution in [2.24, 2.45) is 0 Å². The predicted molar refractivity (Wildman–Crippen MR) is 88.2 cm³/mol. The first kappa shape index (κ1) is 16.0. The molecule has 1 aromatic carbocycles. The van der Waals surface area contributed by atoms with Crippen LogP contribution in [0.5, 0.6) is 0 Å². The van der Waals surface area contributed by atoms with Gasteiger partial charge in [-0.25, -0.2) is 4.79 Å². The first-order chi connectivity index (χ1) is 9.10. The molecule has 0 amide bonds. The van der Waals surface area contributed by atoms with E-state index in [9.17, 15) is 4.79 Å². The average Bonchev–Trinajstić information content (AvgIpc) is 2.39. The van der Waals surface area contributed by atoms with Crippen LogP contribution >= 0.6 is 22.6 Å². The fourth-order valence-corrected chi connectivity index (χ4v) is 2.22. The number of aryl methyl sites for hydroxylation is 1. The van der Waals surface area contributed by atoms with Gasteiger partial charge in [0.25, 0.3) is 0 Å². The summed E-state index contributed by atoms with van der Waals surface area (Å²) >= 11 is 2.22. The lowest BCUT2D eigenvalue weighted by Gasteiger charge is -2.18. The standard InChI is InChI=1S/C15H20INO2/c1-4-19-15(18)13-8-9-14(17(2)3)12(11-13)7-5-6-10-16/h6,8-11H,4-5,7H2,1-3H3. The Hall–Kier alpha value is -1.04. The zero-order chi connectivity index (χ0) is 14.3. The zero-order valence-electron chi connectivity index (χ0n) is 11.6. The van der Waals surface area contributed by atoms with E-state index in [1.165, 1.54) is 5.56 Å². The fourth-order valence-electron chi connectivity index (χ4n) is 1.87. The largest absolute Gasteiger partial charge is 0.462 e. The molecule has 0 bridgehead atoms. The molecule has 19 heavy (non-hydrogen) atoms. The van der Waals surface area contributed by atoms with Gasteiger partial charge in [-0.3, -0.25) is 0 Å².